The molecule has 6 nitrogen and oxygen atoms in total. The second-order valence-electron chi connectivity index (χ2n) is 9.30. The number of thiophene rings is 1. The van der Waals surface area contributed by atoms with Crippen molar-refractivity contribution in [3.8, 4) is 0 Å². The van der Waals surface area contributed by atoms with Gasteiger partial charge in [0.25, 0.3) is 0 Å². The van der Waals surface area contributed by atoms with E-state index < -0.39 is 0 Å². The predicted molar refractivity (Wildman–Crippen MR) is 140 cm³/mol. The van der Waals surface area contributed by atoms with E-state index in [9.17, 15) is 4.79 Å². The van der Waals surface area contributed by atoms with Gasteiger partial charge in [-0.1, -0.05) is 51.1 Å². The number of fused-ring (bicyclic) bond motifs is 3. The van der Waals surface area contributed by atoms with Gasteiger partial charge in [0.1, 0.15) is 16.5 Å². The molecule has 2 aliphatic heterocycles. The van der Waals surface area contributed by atoms with E-state index in [1.54, 1.807) is 0 Å². The van der Waals surface area contributed by atoms with Crippen LogP contribution in [0.4, 0.5) is 5.82 Å². The Morgan fingerprint density at radius 1 is 1.03 bits per heavy atom. The van der Waals surface area contributed by atoms with Crippen LogP contribution in [0.1, 0.15) is 54.9 Å². The second kappa shape index (κ2) is 10.0. The molecular weight excluding hydrogens is 442 g/mol. The largest absolute Gasteiger partial charge is 0.352 e. The van der Waals surface area contributed by atoms with Gasteiger partial charge in [-0.15, -0.1) is 11.3 Å². The van der Waals surface area contributed by atoms with Crippen molar-refractivity contribution in [1.82, 2.24) is 19.8 Å². The van der Waals surface area contributed by atoms with E-state index in [2.05, 4.69) is 47.6 Å². The van der Waals surface area contributed by atoms with Gasteiger partial charge in [-0.2, -0.15) is 0 Å². The van der Waals surface area contributed by atoms with Crippen molar-refractivity contribution in [1.29, 1.82) is 0 Å². The van der Waals surface area contributed by atoms with Crippen LogP contribution in [-0.4, -0.2) is 64.9 Å². The first kappa shape index (κ1) is 23.2. The minimum Gasteiger partial charge on any atom is -0.352 e. The summed E-state index contributed by atoms with van der Waals surface area (Å²) in [5, 5.41) is 1.27. The quantitative estimate of drug-likeness (QED) is 0.524. The molecule has 180 valence electrons. The van der Waals surface area contributed by atoms with E-state index in [1.165, 1.54) is 15.8 Å². The van der Waals surface area contributed by atoms with Gasteiger partial charge in [-0.05, 0) is 30.5 Å². The lowest BCUT2D eigenvalue weighted by atomic mass is 9.95. The van der Waals surface area contributed by atoms with Gasteiger partial charge in [0.15, 0.2) is 0 Å². The Morgan fingerprint density at radius 3 is 2.47 bits per heavy atom. The fraction of sp³-hybridized carbons (Fsp3) is 0.519. The van der Waals surface area contributed by atoms with Crippen molar-refractivity contribution < 1.29 is 4.79 Å². The number of hydrogen-bond donors (Lipinski definition) is 0. The normalized spacial score (nSPS) is 17.7. The molecule has 3 aromatic rings. The average Bonchev–Trinajstić information content (AvgIpc) is 3.26. The van der Waals surface area contributed by atoms with E-state index in [-0.39, 0.29) is 11.8 Å². The summed E-state index contributed by atoms with van der Waals surface area (Å²) in [6.07, 6.45) is 2.73. The molecule has 7 heteroatoms. The Bertz CT molecular complexity index is 1150. The number of carbonyl (C=O) groups is 1. The highest BCUT2D eigenvalue weighted by Crippen LogP contribution is 2.39. The third-order valence-electron chi connectivity index (χ3n) is 7.37. The first-order valence-corrected chi connectivity index (χ1v) is 13.6. The summed E-state index contributed by atoms with van der Waals surface area (Å²) >= 11 is 1.85. The molecule has 0 radical (unpaired) electrons. The number of carbonyl (C=O) groups excluding carboxylic acids is 1. The van der Waals surface area contributed by atoms with E-state index in [0.717, 1.165) is 87.1 Å². The van der Waals surface area contributed by atoms with Crippen LogP contribution in [0.25, 0.3) is 10.2 Å². The van der Waals surface area contributed by atoms with Gasteiger partial charge >= 0.3 is 0 Å². The number of rotatable bonds is 6. The molecule has 0 bridgehead atoms. The van der Waals surface area contributed by atoms with Crippen molar-refractivity contribution in [2.75, 3.05) is 44.2 Å². The molecule has 2 aliphatic rings. The molecule has 1 atom stereocenters. The fourth-order valence-electron chi connectivity index (χ4n) is 5.33. The van der Waals surface area contributed by atoms with E-state index in [1.807, 2.05) is 29.5 Å². The van der Waals surface area contributed by atoms with Gasteiger partial charge in [0.05, 0.1) is 11.3 Å². The molecule has 0 saturated carbocycles. The third kappa shape index (κ3) is 4.31. The lowest BCUT2D eigenvalue weighted by molar-refractivity contribution is -0.133. The topological polar surface area (TPSA) is 52.6 Å². The maximum Gasteiger partial charge on any atom is 0.230 e. The van der Waals surface area contributed by atoms with Crippen LogP contribution in [0, 0.1) is 0 Å². The van der Waals surface area contributed by atoms with Crippen LogP contribution in [0.5, 0.6) is 0 Å². The molecule has 0 N–H and O–H groups in total. The Hall–Kier alpha value is -2.51. The molecule has 1 saturated heterocycles. The summed E-state index contributed by atoms with van der Waals surface area (Å²) in [5.74, 6) is 2.20. The standard InChI is InChI=1S/C27H35N5OS/c1-4-20(19-10-8-7-9-11-19)27(33)32-16-14-31(15-17-32)25-24-21-12-13-30(6-3)18-22(21)34-26(24)29-23(5-2)28-25/h7-11,20H,4-6,12-18H2,1-3H3. The Kier molecular flexibility index (Phi) is 6.84. The van der Waals surface area contributed by atoms with Crippen LogP contribution < -0.4 is 4.90 Å². The van der Waals surface area contributed by atoms with Crippen molar-refractivity contribution in [3.63, 3.8) is 0 Å². The number of piperazine rings is 1. The van der Waals surface area contributed by atoms with Crippen LogP contribution in [0.2, 0.25) is 0 Å². The number of nitrogens with zero attached hydrogens (tertiary/aromatic N) is 5. The summed E-state index contributed by atoms with van der Waals surface area (Å²) in [5.41, 5.74) is 2.57. The molecule has 4 heterocycles. The SMILES string of the molecule is CCc1nc(N2CCN(C(=O)C(CC)c3ccccc3)CC2)c2c3c(sc2n1)CN(CC)CC3. The lowest BCUT2D eigenvalue weighted by Gasteiger charge is -2.37. The number of aryl methyl sites for hydroxylation is 1. The molecule has 5 rings (SSSR count). The first-order valence-electron chi connectivity index (χ1n) is 12.7. The third-order valence-corrected chi connectivity index (χ3v) is 8.48. The lowest BCUT2D eigenvalue weighted by Crippen LogP contribution is -2.50. The van der Waals surface area contributed by atoms with Crippen LogP contribution >= 0.6 is 11.3 Å². The summed E-state index contributed by atoms with van der Waals surface area (Å²) in [7, 11) is 0. The maximum absolute atomic E-state index is 13.4. The fourth-order valence-corrected chi connectivity index (χ4v) is 6.60. The number of aromatic nitrogens is 2. The minimum atomic E-state index is -0.0596. The molecular formula is C27H35N5OS. The number of anilines is 1. The molecule has 34 heavy (non-hydrogen) atoms. The van der Waals surface area contributed by atoms with Crippen LogP contribution in [-0.2, 0) is 24.2 Å². The summed E-state index contributed by atoms with van der Waals surface area (Å²) < 4.78 is 0. The zero-order chi connectivity index (χ0) is 23.7. The molecule has 1 fully saturated rings. The molecule has 0 aliphatic carbocycles. The predicted octanol–water partition coefficient (Wildman–Crippen LogP) is 4.47. The Morgan fingerprint density at radius 2 is 1.79 bits per heavy atom. The molecule has 1 unspecified atom stereocenters. The summed E-state index contributed by atoms with van der Waals surface area (Å²) in [6, 6.07) is 10.2. The average molecular weight is 478 g/mol. The van der Waals surface area contributed by atoms with E-state index >= 15 is 0 Å². The highest BCUT2D eigenvalue weighted by Gasteiger charge is 2.30. The van der Waals surface area contributed by atoms with Crippen molar-refractivity contribution in [3.05, 3.63) is 52.2 Å². The zero-order valence-corrected chi connectivity index (χ0v) is 21.4. The zero-order valence-electron chi connectivity index (χ0n) is 20.6. The second-order valence-corrected chi connectivity index (χ2v) is 10.4. The van der Waals surface area contributed by atoms with E-state index in [4.69, 9.17) is 9.97 Å². The van der Waals surface area contributed by atoms with E-state index in [0.29, 0.717) is 0 Å². The molecule has 0 spiro atoms. The highest BCUT2D eigenvalue weighted by molar-refractivity contribution is 7.19. The maximum atomic E-state index is 13.4. The Labute approximate surface area is 206 Å². The summed E-state index contributed by atoms with van der Waals surface area (Å²) in [4.78, 5) is 32.9. The van der Waals surface area contributed by atoms with Gasteiger partial charge in [0.2, 0.25) is 5.91 Å². The number of amides is 1. The number of hydrogen-bond acceptors (Lipinski definition) is 6. The smallest absolute Gasteiger partial charge is 0.230 e. The van der Waals surface area contributed by atoms with Crippen molar-refractivity contribution in [2.45, 2.75) is 52.5 Å². The van der Waals surface area contributed by atoms with Gasteiger partial charge < -0.3 is 9.80 Å². The minimum absolute atomic E-state index is 0.0596. The van der Waals surface area contributed by atoms with Crippen LogP contribution in [0.15, 0.2) is 30.3 Å². The number of likely N-dealkylation sites (N-methyl/N-ethyl adjacent to an activating group) is 1. The van der Waals surface area contributed by atoms with Gasteiger partial charge in [0, 0.05) is 50.6 Å². The first-order chi connectivity index (χ1) is 16.6. The van der Waals surface area contributed by atoms with Gasteiger partial charge in [-0.3, -0.25) is 9.69 Å². The molecule has 1 aromatic carbocycles. The number of benzene rings is 1. The summed E-state index contributed by atoms with van der Waals surface area (Å²) in [6.45, 7) is 12.8. The van der Waals surface area contributed by atoms with Crippen LogP contribution in [0.3, 0.4) is 0 Å². The van der Waals surface area contributed by atoms with Crippen molar-refractivity contribution >= 4 is 33.3 Å². The highest BCUT2D eigenvalue weighted by atomic mass is 32.1. The van der Waals surface area contributed by atoms with Crippen molar-refractivity contribution in [2.24, 2.45) is 0 Å². The molecule has 1 amide bonds. The Balaban J connectivity index is 1.38. The monoisotopic (exact) mass is 477 g/mol. The van der Waals surface area contributed by atoms with Gasteiger partial charge in [-0.25, -0.2) is 9.97 Å². The molecule has 2 aromatic heterocycles.